The van der Waals surface area contributed by atoms with Crippen molar-refractivity contribution in [3.63, 3.8) is 0 Å². The van der Waals surface area contributed by atoms with Crippen LogP contribution in [0.1, 0.15) is 0 Å². The molecule has 70 heavy (non-hydrogen) atoms. The molecule has 0 aliphatic carbocycles. The zero-order chi connectivity index (χ0) is 46.1. The van der Waals surface area contributed by atoms with Gasteiger partial charge in [-0.05, 0) is 146 Å². The number of hydrogen-bond acceptors (Lipinski definition) is 4. The minimum atomic E-state index is 0.824. The average Bonchev–Trinajstić information content (AvgIpc) is 3.80. The van der Waals surface area contributed by atoms with Crippen LogP contribution in [-0.4, -0.2) is 0 Å². The van der Waals surface area contributed by atoms with Crippen LogP contribution in [-0.2, 0) is 0 Å². The van der Waals surface area contributed by atoms with E-state index in [1.54, 1.807) is 0 Å². The van der Waals surface area contributed by atoms with Gasteiger partial charge >= 0.3 is 0 Å². The van der Waals surface area contributed by atoms with E-state index in [1.165, 1.54) is 49.2 Å². The van der Waals surface area contributed by atoms with E-state index in [4.69, 9.17) is 9.15 Å². The molecule has 0 atom stereocenters. The minimum absolute atomic E-state index is 0.824. The molecule has 1 aliphatic rings. The Balaban J connectivity index is 0.889. The first-order chi connectivity index (χ1) is 34.7. The molecule has 0 saturated carbocycles. The van der Waals surface area contributed by atoms with Crippen molar-refractivity contribution in [2.75, 3.05) is 9.80 Å². The third kappa shape index (κ3) is 6.46. The number of nitrogens with zero attached hydrogens (tertiary/aromatic N) is 2. The summed E-state index contributed by atoms with van der Waals surface area (Å²) in [5, 5.41) is 9.31. The third-order valence-corrected chi connectivity index (χ3v) is 14.0. The summed E-state index contributed by atoms with van der Waals surface area (Å²) in [6.07, 6.45) is 0. The number of ether oxygens (including phenoxy) is 1. The number of rotatable bonds is 8. The summed E-state index contributed by atoms with van der Waals surface area (Å²) < 4.78 is 13.2. The van der Waals surface area contributed by atoms with Crippen LogP contribution in [0.25, 0.3) is 87.6 Å². The van der Waals surface area contributed by atoms with Gasteiger partial charge in [0.25, 0.3) is 0 Å². The molecule has 13 aromatic rings. The zero-order valence-corrected chi connectivity index (χ0v) is 38.0. The number of fused-ring (bicyclic) bond motifs is 9. The van der Waals surface area contributed by atoms with Crippen molar-refractivity contribution in [3.05, 3.63) is 255 Å². The van der Waals surface area contributed by atoms with Crippen molar-refractivity contribution in [1.82, 2.24) is 0 Å². The van der Waals surface area contributed by atoms with Crippen molar-refractivity contribution in [2.45, 2.75) is 0 Å². The third-order valence-electron chi connectivity index (χ3n) is 14.0. The van der Waals surface area contributed by atoms with E-state index in [-0.39, 0.29) is 0 Å². The van der Waals surface area contributed by atoms with Crippen LogP contribution in [0, 0.1) is 0 Å². The van der Waals surface area contributed by atoms with Gasteiger partial charge in [-0.15, -0.1) is 0 Å². The van der Waals surface area contributed by atoms with Gasteiger partial charge in [-0.3, -0.25) is 0 Å². The molecule has 1 aliphatic heterocycles. The fourth-order valence-corrected chi connectivity index (χ4v) is 10.8. The van der Waals surface area contributed by atoms with Crippen LogP contribution in [0.2, 0.25) is 0 Å². The predicted octanol–water partition coefficient (Wildman–Crippen LogP) is 19.1. The molecule has 12 aromatic carbocycles. The lowest BCUT2D eigenvalue weighted by molar-refractivity contribution is 0.487. The van der Waals surface area contributed by atoms with E-state index in [9.17, 15) is 0 Å². The van der Waals surface area contributed by atoms with Crippen molar-refractivity contribution in [3.8, 4) is 44.9 Å². The lowest BCUT2D eigenvalue weighted by Crippen LogP contribution is -2.11. The Morgan fingerprint density at radius 3 is 1.61 bits per heavy atom. The summed E-state index contributed by atoms with van der Waals surface area (Å²) >= 11 is 0. The summed E-state index contributed by atoms with van der Waals surface area (Å²) in [7, 11) is 0. The Hall–Kier alpha value is -9.38. The van der Waals surface area contributed by atoms with Crippen molar-refractivity contribution in [1.29, 1.82) is 0 Å². The zero-order valence-electron chi connectivity index (χ0n) is 38.0. The molecule has 4 nitrogen and oxygen atoms in total. The van der Waals surface area contributed by atoms with Gasteiger partial charge < -0.3 is 19.0 Å². The van der Waals surface area contributed by atoms with Crippen LogP contribution in [0.15, 0.2) is 259 Å². The molecule has 0 fully saturated rings. The van der Waals surface area contributed by atoms with Crippen LogP contribution in [0.5, 0.6) is 11.5 Å². The fraction of sp³-hybridized carbons (Fsp3) is 0. The van der Waals surface area contributed by atoms with Crippen LogP contribution in [0.4, 0.5) is 34.1 Å². The van der Waals surface area contributed by atoms with E-state index in [2.05, 4.69) is 252 Å². The molecule has 0 saturated heterocycles. The van der Waals surface area contributed by atoms with Crippen molar-refractivity contribution in [2.24, 2.45) is 0 Å². The molecule has 14 rings (SSSR count). The van der Waals surface area contributed by atoms with Gasteiger partial charge in [0.2, 0.25) is 0 Å². The van der Waals surface area contributed by atoms with Gasteiger partial charge in [-0.25, -0.2) is 0 Å². The molecule has 0 N–H and O–H groups in total. The summed E-state index contributed by atoms with van der Waals surface area (Å²) in [5.41, 5.74) is 15.1. The Morgan fingerprint density at radius 1 is 0.257 bits per heavy atom. The second-order valence-electron chi connectivity index (χ2n) is 18.0. The van der Waals surface area contributed by atoms with Gasteiger partial charge in [0.15, 0.2) is 0 Å². The molecule has 0 radical (unpaired) electrons. The molecule has 0 amide bonds. The molecular weight excluding hydrogens is 853 g/mol. The highest BCUT2D eigenvalue weighted by atomic mass is 16.5. The Kier molecular flexibility index (Phi) is 9.17. The normalized spacial score (nSPS) is 11.8. The first-order valence-corrected chi connectivity index (χ1v) is 23.8. The molecule has 1 aromatic heterocycles. The van der Waals surface area contributed by atoms with Gasteiger partial charge in [-0.1, -0.05) is 152 Å². The van der Waals surface area contributed by atoms with E-state index < -0.39 is 0 Å². The van der Waals surface area contributed by atoms with Gasteiger partial charge in [-0.2, -0.15) is 0 Å². The highest BCUT2D eigenvalue weighted by Gasteiger charge is 2.26. The van der Waals surface area contributed by atoms with Crippen molar-refractivity contribution >= 4 is 88.4 Å². The van der Waals surface area contributed by atoms with Crippen LogP contribution < -0.4 is 14.5 Å². The van der Waals surface area contributed by atoms with E-state index >= 15 is 0 Å². The molecule has 328 valence electrons. The van der Waals surface area contributed by atoms with Gasteiger partial charge in [0.1, 0.15) is 22.7 Å². The molecule has 0 bridgehead atoms. The maximum absolute atomic E-state index is 6.98. The lowest BCUT2D eigenvalue weighted by Gasteiger charge is -2.28. The number of para-hydroxylation sites is 4. The Bertz CT molecular complexity index is 4150. The summed E-state index contributed by atoms with van der Waals surface area (Å²) in [4.78, 5) is 4.66. The number of benzene rings is 12. The highest BCUT2D eigenvalue weighted by Crippen LogP contribution is 2.52. The number of hydrogen-bond donors (Lipinski definition) is 0. The van der Waals surface area contributed by atoms with Crippen LogP contribution >= 0.6 is 0 Å². The smallest absolute Gasteiger partial charge is 0.137 e. The molecule has 2 heterocycles. The first kappa shape index (κ1) is 39.8. The van der Waals surface area contributed by atoms with Gasteiger partial charge in [0.05, 0.1) is 5.69 Å². The quantitative estimate of drug-likeness (QED) is 0.142. The second kappa shape index (κ2) is 16.2. The van der Waals surface area contributed by atoms with E-state index in [0.717, 1.165) is 84.1 Å². The average molecular weight is 895 g/mol. The van der Waals surface area contributed by atoms with E-state index in [1.807, 2.05) is 12.1 Å². The van der Waals surface area contributed by atoms with Crippen LogP contribution in [0.3, 0.4) is 0 Å². The lowest BCUT2D eigenvalue weighted by atomic mass is 9.86. The predicted molar refractivity (Wildman–Crippen MR) is 292 cm³/mol. The summed E-state index contributed by atoms with van der Waals surface area (Å²) in [6, 6.07) is 91.0. The maximum Gasteiger partial charge on any atom is 0.137 e. The van der Waals surface area contributed by atoms with Gasteiger partial charge in [0, 0.05) is 61.8 Å². The molecule has 0 spiro atoms. The topological polar surface area (TPSA) is 28.9 Å². The largest absolute Gasteiger partial charge is 0.456 e. The first-order valence-electron chi connectivity index (χ1n) is 23.8. The maximum atomic E-state index is 6.98. The summed E-state index contributed by atoms with van der Waals surface area (Å²) in [5.74, 6) is 1.68. The van der Waals surface area contributed by atoms with E-state index in [0.29, 0.717) is 0 Å². The highest BCUT2D eigenvalue weighted by molar-refractivity contribution is 6.25. The number of furan rings is 1. The number of anilines is 6. The molecular formula is C66H42N2O2. The standard InChI is InChI=1S/C66H42N2O2/c1-4-17-43(18-5-1)50-23-12-14-28-61(50)68(46-21-8-3-9-22-46)47-33-31-44(32-34-47)56-41-58-55-27-16-30-64-66(55)60(42-57(58)52-25-11-10-24-51(52)56)54-37-35-49(40-65(54)70-64)67(45-19-6-2-7-20-45)48-36-38-63-59(39-48)53-26-13-15-29-62(53)69-63/h1-42H. The molecule has 4 heteroatoms. The molecule has 0 unspecified atom stereocenters. The SMILES string of the molecule is c1ccc(-c2ccccc2N(c2ccccc2)c2ccc(-c3cc4c5cccc6c5c(cc4c4ccccc34)-c3ccc(N(c4ccccc4)c4ccc5oc7ccccc7c5c4)cc3O6)cc2)cc1. The second-order valence-corrected chi connectivity index (χ2v) is 18.0. The minimum Gasteiger partial charge on any atom is -0.456 e. The Morgan fingerprint density at radius 2 is 0.814 bits per heavy atom. The summed E-state index contributed by atoms with van der Waals surface area (Å²) in [6.45, 7) is 0. The monoisotopic (exact) mass is 894 g/mol. The Labute approximate surface area is 405 Å². The van der Waals surface area contributed by atoms with Crippen molar-refractivity contribution < 1.29 is 9.15 Å². The fourth-order valence-electron chi connectivity index (χ4n) is 10.8.